The summed E-state index contributed by atoms with van der Waals surface area (Å²) >= 11 is 0. The van der Waals surface area contributed by atoms with Crippen molar-refractivity contribution in [3.8, 4) is 0 Å². The number of carbonyl (C=O) groups excluding carboxylic acids is 1. The molecule has 4 fully saturated rings. The molecule has 190 valence electrons. The highest BCUT2D eigenvalue weighted by molar-refractivity contribution is 5.90. The van der Waals surface area contributed by atoms with Gasteiger partial charge in [-0.05, 0) is 37.8 Å². The Labute approximate surface area is 212 Å². The maximum absolute atomic E-state index is 12.7. The first-order chi connectivity index (χ1) is 17.7. The number of pyridine rings is 1. The van der Waals surface area contributed by atoms with Crippen molar-refractivity contribution in [1.29, 1.82) is 0 Å². The van der Waals surface area contributed by atoms with Crippen LogP contribution >= 0.6 is 0 Å². The van der Waals surface area contributed by atoms with Crippen LogP contribution in [0.4, 0.5) is 23.3 Å². The van der Waals surface area contributed by atoms with Gasteiger partial charge in [0.1, 0.15) is 17.7 Å². The minimum absolute atomic E-state index is 0.0176. The van der Waals surface area contributed by atoms with Crippen LogP contribution in [0.5, 0.6) is 0 Å². The van der Waals surface area contributed by atoms with Crippen molar-refractivity contribution in [3.05, 3.63) is 30.1 Å². The number of piperazine rings is 2. The van der Waals surface area contributed by atoms with E-state index in [0.29, 0.717) is 18.9 Å². The number of carbonyl (C=O) groups is 1. The zero-order valence-electron chi connectivity index (χ0n) is 21.0. The van der Waals surface area contributed by atoms with E-state index in [1.807, 2.05) is 18.5 Å². The normalized spacial score (nSPS) is 25.8. The Hall–Kier alpha value is -2.94. The lowest BCUT2D eigenvalue weighted by atomic mass is 9.78. The summed E-state index contributed by atoms with van der Waals surface area (Å²) in [6, 6.07) is 4.82. The van der Waals surface area contributed by atoms with Crippen molar-refractivity contribution in [2.24, 2.45) is 0 Å². The fourth-order valence-corrected chi connectivity index (χ4v) is 6.96. The van der Waals surface area contributed by atoms with Crippen molar-refractivity contribution in [2.75, 3.05) is 47.8 Å². The van der Waals surface area contributed by atoms with Gasteiger partial charge in [0.25, 0.3) is 0 Å². The van der Waals surface area contributed by atoms with E-state index in [-0.39, 0.29) is 17.5 Å². The molecule has 5 heterocycles. The molecule has 9 heteroatoms. The molecule has 1 unspecified atom stereocenters. The van der Waals surface area contributed by atoms with E-state index in [1.165, 1.54) is 44.2 Å². The average Bonchev–Trinajstić information content (AvgIpc) is 3.28. The van der Waals surface area contributed by atoms with Crippen LogP contribution in [0.3, 0.4) is 0 Å². The minimum Gasteiger partial charge on any atom is -0.368 e. The summed E-state index contributed by atoms with van der Waals surface area (Å²) < 4.78 is 0. The van der Waals surface area contributed by atoms with Gasteiger partial charge in [-0.2, -0.15) is 4.98 Å². The predicted octanol–water partition coefficient (Wildman–Crippen LogP) is 2.85. The number of fused-ring (bicyclic) bond motifs is 4. The van der Waals surface area contributed by atoms with E-state index in [4.69, 9.17) is 4.98 Å². The van der Waals surface area contributed by atoms with Crippen LogP contribution in [0.1, 0.15) is 56.9 Å². The molecular formula is C27H36N8O. The lowest BCUT2D eigenvalue weighted by Crippen LogP contribution is -2.67. The Bertz CT molecular complexity index is 1120. The first kappa shape index (κ1) is 22.3. The zero-order valence-corrected chi connectivity index (χ0v) is 21.0. The van der Waals surface area contributed by atoms with Crippen molar-refractivity contribution in [1.82, 2.24) is 25.2 Å². The number of nitrogens with one attached hydrogen (secondary N) is 2. The van der Waals surface area contributed by atoms with Gasteiger partial charge in [-0.15, -0.1) is 0 Å². The van der Waals surface area contributed by atoms with Crippen molar-refractivity contribution >= 4 is 29.2 Å². The van der Waals surface area contributed by atoms with E-state index in [0.717, 1.165) is 62.3 Å². The summed E-state index contributed by atoms with van der Waals surface area (Å²) in [5, 5.41) is 6.50. The van der Waals surface area contributed by atoms with Crippen LogP contribution in [0.2, 0.25) is 0 Å². The largest absolute Gasteiger partial charge is 0.368 e. The molecule has 2 aromatic rings. The predicted molar refractivity (Wildman–Crippen MR) is 140 cm³/mol. The quantitative estimate of drug-likeness (QED) is 0.679. The molecule has 2 saturated heterocycles. The zero-order chi connectivity index (χ0) is 24.1. The van der Waals surface area contributed by atoms with Gasteiger partial charge in [0, 0.05) is 56.9 Å². The van der Waals surface area contributed by atoms with Crippen LogP contribution in [0.25, 0.3) is 0 Å². The molecule has 1 atom stereocenters. The van der Waals surface area contributed by atoms with Crippen LogP contribution in [-0.4, -0.2) is 76.1 Å². The SMILES string of the molecule is O=C1NCC2(CCCCC2)N2c3nc(Nc4ccc(N5CCN(C6CCC6)CC5)cn4)ncc3CC12. The van der Waals surface area contributed by atoms with Crippen molar-refractivity contribution in [3.63, 3.8) is 0 Å². The molecule has 3 aliphatic heterocycles. The maximum Gasteiger partial charge on any atom is 0.243 e. The number of anilines is 4. The molecule has 2 N–H and O–H groups in total. The summed E-state index contributed by atoms with van der Waals surface area (Å²) in [7, 11) is 0. The number of rotatable bonds is 4. The van der Waals surface area contributed by atoms with Crippen LogP contribution in [0, 0.1) is 0 Å². The second-order valence-corrected chi connectivity index (χ2v) is 11.3. The van der Waals surface area contributed by atoms with Crippen LogP contribution in [-0.2, 0) is 11.2 Å². The van der Waals surface area contributed by atoms with E-state index in [1.54, 1.807) is 0 Å². The van der Waals surface area contributed by atoms with Gasteiger partial charge >= 0.3 is 0 Å². The molecule has 2 saturated carbocycles. The third kappa shape index (κ3) is 3.79. The lowest BCUT2D eigenvalue weighted by molar-refractivity contribution is -0.124. The first-order valence-corrected chi connectivity index (χ1v) is 13.8. The molecule has 2 aliphatic carbocycles. The topological polar surface area (TPSA) is 89.5 Å². The number of nitrogens with zero attached hydrogens (tertiary/aromatic N) is 6. The standard InChI is InChI=1S/C27H36N8O/c36-25-22-15-19-16-29-26(32-24(19)35(22)27(18-30-25)9-2-1-3-10-27)31-23-8-7-21(17-28-23)34-13-11-33(12-14-34)20-5-4-6-20/h7-8,16-17,20,22H,1-6,9-15,18H2,(H,30,36)(H,28,29,31,32). The third-order valence-corrected chi connectivity index (χ3v) is 9.24. The smallest absolute Gasteiger partial charge is 0.243 e. The Morgan fingerprint density at radius 2 is 1.81 bits per heavy atom. The van der Waals surface area contributed by atoms with E-state index in [9.17, 15) is 4.79 Å². The monoisotopic (exact) mass is 488 g/mol. The molecular weight excluding hydrogens is 452 g/mol. The molecule has 0 aromatic carbocycles. The second kappa shape index (κ2) is 8.87. The molecule has 36 heavy (non-hydrogen) atoms. The lowest BCUT2D eigenvalue weighted by Gasteiger charge is -2.51. The Morgan fingerprint density at radius 1 is 0.972 bits per heavy atom. The van der Waals surface area contributed by atoms with Crippen LogP contribution < -0.4 is 20.4 Å². The summed E-state index contributed by atoms with van der Waals surface area (Å²) in [4.78, 5) is 34.4. The minimum atomic E-state index is -0.168. The molecule has 9 nitrogen and oxygen atoms in total. The summed E-state index contributed by atoms with van der Waals surface area (Å²) in [5.74, 6) is 2.32. The van der Waals surface area contributed by atoms with Crippen molar-refractivity contribution < 1.29 is 4.79 Å². The number of amides is 1. The molecule has 5 aliphatic rings. The van der Waals surface area contributed by atoms with Gasteiger partial charge in [0.2, 0.25) is 11.9 Å². The van der Waals surface area contributed by atoms with Gasteiger partial charge in [-0.25, -0.2) is 9.97 Å². The fraction of sp³-hybridized carbons (Fsp3) is 0.630. The van der Waals surface area contributed by atoms with Gasteiger partial charge in [0.15, 0.2) is 0 Å². The summed E-state index contributed by atoms with van der Waals surface area (Å²) in [5.41, 5.74) is 2.22. The highest BCUT2D eigenvalue weighted by atomic mass is 16.2. The molecule has 1 amide bonds. The van der Waals surface area contributed by atoms with Gasteiger partial charge in [-0.1, -0.05) is 25.7 Å². The summed E-state index contributed by atoms with van der Waals surface area (Å²) in [6.45, 7) is 5.12. The molecule has 7 rings (SSSR count). The summed E-state index contributed by atoms with van der Waals surface area (Å²) in [6.07, 6.45) is 14.6. The third-order valence-electron chi connectivity index (χ3n) is 9.24. The highest BCUT2D eigenvalue weighted by Gasteiger charge is 2.51. The van der Waals surface area contributed by atoms with Crippen molar-refractivity contribution in [2.45, 2.75) is 75.4 Å². The van der Waals surface area contributed by atoms with E-state index >= 15 is 0 Å². The fourth-order valence-electron chi connectivity index (χ4n) is 6.96. The molecule has 1 spiro atoms. The second-order valence-electron chi connectivity index (χ2n) is 11.3. The van der Waals surface area contributed by atoms with Crippen LogP contribution in [0.15, 0.2) is 24.5 Å². The Balaban J connectivity index is 1.06. The molecule has 0 bridgehead atoms. The Kier molecular flexibility index (Phi) is 5.49. The first-order valence-electron chi connectivity index (χ1n) is 13.8. The maximum atomic E-state index is 12.7. The van der Waals surface area contributed by atoms with E-state index in [2.05, 4.69) is 41.4 Å². The molecule has 0 radical (unpaired) electrons. The highest BCUT2D eigenvalue weighted by Crippen LogP contribution is 2.44. The van der Waals surface area contributed by atoms with Gasteiger partial charge in [-0.3, -0.25) is 9.69 Å². The number of hydrogen-bond donors (Lipinski definition) is 2. The number of aromatic nitrogens is 3. The number of hydrogen-bond acceptors (Lipinski definition) is 8. The van der Waals surface area contributed by atoms with E-state index < -0.39 is 0 Å². The average molecular weight is 489 g/mol. The molecule has 2 aromatic heterocycles. The van der Waals surface area contributed by atoms with Gasteiger partial charge in [0.05, 0.1) is 17.4 Å². The van der Waals surface area contributed by atoms with Gasteiger partial charge < -0.3 is 20.4 Å². The Morgan fingerprint density at radius 3 is 2.53 bits per heavy atom.